The molecule has 0 unspecified atom stereocenters. The van der Waals surface area contributed by atoms with Crippen molar-refractivity contribution in [3.8, 4) is 0 Å². The summed E-state index contributed by atoms with van der Waals surface area (Å²) in [6, 6.07) is 9.78. The molecule has 18 heavy (non-hydrogen) atoms. The highest BCUT2D eigenvalue weighted by atomic mass is 16.5. The lowest BCUT2D eigenvalue weighted by Gasteiger charge is -2.19. The Labute approximate surface area is 108 Å². The van der Waals surface area contributed by atoms with Crippen molar-refractivity contribution in [2.45, 2.75) is 31.8 Å². The number of benzene rings is 1. The third-order valence-corrected chi connectivity index (χ3v) is 4.05. The highest BCUT2D eigenvalue weighted by Gasteiger charge is 2.37. The molecular weight excluding hydrogens is 224 g/mol. The first-order valence-electron chi connectivity index (χ1n) is 6.74. The molecule has 1 aromatic rings. The average molecular weight is 242 g/mol. The topological polar surface area (TPSA) is 26.3 Å². The molecule has 3 atom stereocenters. The molecule has 0 amide bonds. The molecule has 0 spiro atoms. The lowest BCUT2D eigenvalue weighted by atomic mass is 9.98. The van der Waals surface area contributed by atoms with Crippen LogP contribution in [-0.4, -0.2) is 12.1 Å². The van der Waals surface area contributed by atoms with E-state index in [-0.39, 0.29) is 12.1 Å². The van der Waals surface area contributed by atoms with E-state index >= 15 is 0 Å². The van der Waals surface area contributed by atoms with Crippen LogP contribution in [-0.2, 0) is 16.0 Å². The van der Waals surface area contributed by atoms with Crippen LogP contribution >= 0.6 is 0 Å². The standard InChI is InChI=1S/C16H18O2/c17-16(11-12-5-2-1-3-6-12)18-15-10-9-13-7-4-8-14(13)15/h1-3,5-6,9-10,13-15H,4,7-8,11H2/t13-,14-,15-/m1/s1. The summed E-state index contributed by atoms with van der Waals surface area (Å²) in [7, 11) is 0. The molecule has 2 aliphatic rings. The molecule has 0 aromatic heterocycles. The Morgan fingerprint density at radius 3 is 2.83 bits per heavy atom. The molecule has 1 fully saturated rings. The molecule has 1 saturated carbocycles. The zero-order valence-electron chi connectivity index (χ0n) is 10.4. The molecule has 0 bridgehead atoms. The zero-order valence-corrected chi connectivity index (χ0v) is 10.4. The summed E-state index contributed by atoms with van der Waals surface area (Å²) in [5.41, 5.74) is 1.02. The van der Waals surface area contributed by atoms with Gasteiger partial charge in [-0.1, -0.05) is 42.8 Å². The van der Waals surface area contributed by atoms with Gasteiger partial charge in [0.2, 0.25) is 0 Å². The Kier molecular flexibility index (Phi) is 3.18. The maximum absolute atomic E-state index is 11.9. The van der Waals surface area contributed by atoms with Crippen molar-refractivity contribution in [2.24, 2.45) is 11.8 Å². The molecule has 94 valence electrons. The molecule has 1 aromatic carbocycles. The summed E-state index contributed by atoms with van der Waals surface area (Å²) in [5, 5.41) is 0. The first-order chi connectivity index (χ1) is 8.83. The molecule has 0 saturated heterocycles. The monoisotopic (exact) mass is 242 g/mol. The molecule has 0 aliphatic heterocycles. The molecule has 2 aliphatic carbocycles. The highest BCUT2D eigenvalue weighted by Crippen LogP contribution is 2.41. The van der Waals surface area contributed by atoms with E-state index in [0.29, 0.717) is 18.3 Å². The fourth-order valence-corrected chi connectivity index (χ4v) is 3.14. The number of fused-ring (bicyclic) bond motifs is 1. The van der Waals surface area contributed by atoms with Gasteiger partial charge in [-0.15, -0.1) is 0 Å². The van der Waals surface area contributed by atoms with E-state index in [9.17, 15) is 4.79 Å². The molecule has 3 rings (SSSR count). The minimum atomic E-state index is -0.108. The minimum Gasteiger partial charge on any atom is -0.458 e. The van der Waals surface area contributed by atoms with Gasteiger partial charge in [0.25, 0.3) is 0 Å². The van der Waals surface area contributed by atoms with E-state index in [2.05, 4.69) is 12.2 Å². The maximum atomic E-state index is 11.9. The van der Waals surface area contributed by atoms with Gasteiger partial charge in [-0.25, -0.2) is 0 Å². The summed E-state index contributed by atoms with van der Waals surface area (Å²) in [6.45, 7) is 0. The molecule has 0 heterocycles. The van der Waals surface area contributed by atoms with E-state index in [1.807, 2.05) is 30.3 Å². The first kappa shape index (κ1) is 11.5. The van der Waals surface area contributed by atoms with E-state index < -0.39 is 0 Å². The summed E-state index contributed by atoms with van der Waals surface area (Å²) in [4.78, 5) is 11.9. The van der Waals surface area contributed by atoms with E-state index in [0.717, 1.165) is 5.56 Å². The Bertz CT molecular complexity index is 449. The lowest BCUT2D eigenvalue weighted by molar-refractivity contribution is -0.148. The van der Waals surface area contributed by atoms with Gasteiger partial charge in [0.1, 0.15) is 6.10 Å². The summed E-state index contributed by atoms with van der Waals surface area (Å²) < 4.78 is 5.60. The highest BCUT2D eigenvalue weighted by molar-refractivity contribution is 5.73. The third kappa shape index (κ3) is 2.33. The van der Waals surface area contributed by atoms with Crippen molar-refractivity contribution in [3.63, 3.8) is 0 Å². The molecule has 2 nitrogen and oxygen atoms in total. The predicted molar refractivity (Wildman–Crippen MR) is 70.0 cm³/mol. The second-order valence-electron chi connectivity index (χ2n) is 5.26. The van der Waals surface area contributed by atoms with Crippen molar-refractivity contribution < 1.29 is 9.53 Å². The van der Waals surface area contributed by atoms with Gasteiger partial charge in [-0.2, -0.15) is 0 Å². The van der Waals surface area contributed by atoms with Crippen LogP contribution < -0.4 is 0 Å². The van der Waals surface area contributed by atoms with Crippen LogP contribution in [0.1, 0.15) is 24.8 Å². The van der Waals surface area contributed by atoms with Gasteiger partial charge >= 0.3 is 5.97 Å². The Morgan fingerprint density at radius 2 is 2.00 bits per heavy atom. The zero-order chi connectivity index (χ0) is 12.4. The second-order valence-corrected chi connectivity index (χ2v) is 5.26. The van der Waals surface area contributed by atoms with Crippen molar-refractivity contribution in [2.75, 3.05) is 0 Å². The number of hydrogen-bond donors (Lipinski definition) is 0. The van der Waals surface area contributed by atoms with Gasteiger partial charge in [0.05, 0.1) is 6.42 Å². The first-order valence-corrected chi connectivity index (χ1v) is 6.74. The van der Waals surface area contributed by atoms with Crippen molar-refractivity contribution in [1.29, 1.82) is 0 Å². The number of allylic oxidation sites excluding steroid dienone is 1. The normalized spacial score (nSPS) is 29.2. The number of carbonyl (C=O) groups is 1. The van der Waals surface area contributed by atoms with Crippen LogP contribution in [0.25, 0.3) is 0 Å². The van der Waals surface area contributed by atoms with Crippen molar-refractivity contribution in [3.05, 3.63) is 48.0 Å². The van der Waals surface area contributed by atoms with Crippen LogP contribution in [0.3, 0.4) is 0 Å². The van der Waals surface area contributed by atoms with Gasteiger partial charge in [-0.05, 0) is 30.4 Å². The van der Waals surface area contributed by atoms with Crippen molar-refractivity contribution in [1.82, 2.24) is 0 Å². The van der Waals surface area contributed by atoms with Crippen LogP contribution in [0.5, 0.6) is 0 Å². The number of esters is 1. The van der Waals surface area contributed by atoms with E-state index in [4.69, 9.17) is 4.74 Å². The van der Waals surface area contributed by atoms with Gasteiger partial charge in [-0.3, -0.25) is 4.79 Å². The van der Waals surface area contributed by atoms with Gasteiger partial charge in [0, 0.05) is 5.92 Å². The van der Waals surface area contributed by atoms with Gasteiger partial charge in [0.15, 0.2) is 0 Å². The quantitative estimate of drug-likeness (QED) is 0.601. The van der Waals surface area contributed by atoms with E-state index in [1.54, 1.807) is 0 Å². The van der Waals surface area contributed by atoms with Gasteiger partial charge < -0.3 is 4.74 Å². The molecule has 0 radical (unpaired) electrons. The fourth-order valence-electron chi connectivity index (χ4n) is 3.14. The summed E-state index contributed by atoms with van der Waals surface area (Å²) >= 11 is 0. The molecule has 2 heteroatoms. The smallest absolute Gasteiger partial charge is 0.310 e. The third-order valence-electron chi connectivity index (χ3n) is 4.05. The Balaban J connectivity index is 1.57. The van der Waals surface area contributed by atoms with Crippen LogP contribution in [0.15, 0.2) is 42.5 Å². The molecule has 0 N–H and O–H groups in total. The fraction of sp³-hybridized carbons (Fsp3) is 0.438. The largest absolute Gasteiger partial charge is 0.458 e. The SMILES string of the molecule is O=C(Cc1ccccc1)O[C@@H]1C=C[C@H]2CCC[C@H]21. The van der Waals surface area contributed by atoms with E-state index in [1.165, 1.54) is 19.3 Å². The number of ether oxygens (including phenoxy) is 1. The van der Waals surface area contributed by atoms with Crippen molar-refractivity contribution >= 4 is 5.97 Å². The predicted octanol–water partition coefficient (Wildman–Crippen LogP) is 3.13. The second kappa shape index (κ2) is 4.97. The Hall–Kier alpha value is -1.57. The summed E-state index contributed by atoms with van der Waals surface area (Å²) in [5.74, 6) is 1.09. The van der Waals surface area contributed by atoms with Crippen LogP contribution in [0.4, 0.5) is 0 Å². The maximum Gasteiger partial charge on any atom is 0.310 e. The lowest BCUT2D eigenvalue weighted by Crippen LogP contribution is -2.24. The number of hydrogen-bond acceptors (Lipinski definition) is 2. The van der Waals surface area contributed by atoms with Crippen LogP contribution in [0, 0.1) is 11.8 Å². The summed E-state index contributed by atoms with van der Waals surface area (Å²) in [6.07, 6.45) is 8.44. The average Bonchev–Trinajstić information content (AvgIpc) is 2.95. The molecular formula is C16H18O2. The number of rotatable bonds is 3. The number of carbonyl (C=O) groups excluding carboxylic acids is 1. The Morgan fingerprint density at radius 1 is 1.17 bits per heavy atom. The minimum absolute atomic E-state index is 0.0220. The van der Waals surface area contributed by atoms with Crippen LogP contribution in [0.2, 0.25) is 0 Å².